The van der Waals surface area contributed by atoms with Crippen molar-refractivity contribution in [2.24, 2.45) is 5.92 Å². The molecule has 0 aromatic rings. The van der Waals surface area contributed by atoms with Crippen molar-refractivity contribution in [1.82, 2.24) is 9.80 Å². The predicted molar refractivity (Wildman–Crippen MR) is 84.2 cm³/mol. The van der Waals surface area contributed by atoms with Crippen LogP contribution in [-0.4, -0.2) is 86.6 Å². The summed E-state index contributed by atoms with van der Waals surface area (Å²) in [5.74, 6) is 0.737. The van der Waals surface area contributed by atoms with Gasteiger partial charge in [-0.3, -0.25) is 9.69 Å². The monoisotopic (exact) mass is 324 g/mol. The van der Waals surface area contributed by atoms with Crippen molar-refractivity contribution in [3.8, 4) is 0 Å². The second kappa shape index (κ2) is 7.05. The van der Waals surface area contributed by atoms with Crippen molar-refractivity contribution in [1.29, 1.82) is 0 Å². The number of hydrogen-bond donors (Lipinski definition) is 0. The standard InChI is InChI=1S/C17H28N2O4/c20-17(18-5-9-22-10-6-18)15-11-13-1-4-19(12-16(13)23-15)14-2-7-21-8-3-14/h13-16H,1-12H2/t13-,15+,16-/m1/s1. The topological polar surface area (TPSA) is 51.2 Å². The van der Waals surface area contributed by atoms with Crippen molar-refractivity contribution in [2.75, 3.05) is 52.6 Å². The molecule has 23 heavy (non-hydrogen) atoms. The third-order valence-electron chi connectivity index (χ3n) is 5.89. The van der Waals surface area contributed by atoms with Crippen molar-refractivity contribution in [3.05, 3.63) is 0 Å². The van der Waals surface area contributed by atoms with E-state index in [1.54, 1.807) is 0 Å². The van der Waals surface area contributed by atoms with Crippen LogP contribution in [0.2, 0.25) is 0 Å². The molecule has 1 amide bonds. The number of nitrogens with zero attached hydrogens (tertiary/aromatic N) is 2. The molecule has 0 bridgehead atoms. The molecule has 0 spiro atoms. The first-order chi connectivity index (χ1) is 11.3. The quantitative estimate of drug-likeness (QED) is 0.740. The van der Waals surface area contributed by atoms with Crippen LogP contribution in [0.5, 0.6) is 0 Å². The summed E-state index contributed by atoms with van der Waals surface area (Å²) in [6.07, 6.45) is 4.35. The number of amides is 1. The fourth-order valence-corrected chi connectivity index (χ4v) is 4.48. The van der Waals surface area contributed by atoms with Gasteiger partial charge in [0.2, 0.25) is 0 Å². The van der Waals surface area contributed by atoms with Gasteiger partial charge in [-0.1, -0.05) is 0 Å². The Morgan fingerprint density at radius 2 is 1.65 bits per heavy atom. The zero-order valence-electron chi connectivity index (χ0n) is 13.8. The van der Waals surface area contributed by atoms with Crippen LogP contribution in [-0.2, 0) is 19.0 Å². The van der Waals surface area contributed by atoms with E-state index < -0.39 is 0 Å². The fourth-order valence-electron chi connectivity index (χ4n) is 4.48. The first-order valence-corrected chi connectivity index (χ1v) is 9.15. The van der Waals surface area contributed by atoms with Crippen molar-refractivity contribution in [2.45, 2.75) is 43.9 Å². The predicted octanol–water partition coefficient (Wildman–Crippen LogP) is 0.504. The Labute approximate surface area is 138 Å². The number of likely N-dealkylation sites (tertiary alicyclic amines) is 1. The summed E-state index contributed by atoms with van der Waals surface area (Å²) < 4.78 is 17.0. The number of carbonyl (C=O) groups is 1. The number of carbonyl (C=O) groups excluding carboxylic acids is 1. The molecule has 4 fully saturated rings. The molecule has 130 valence electrons. The highest BCUT2D eigenvalue weighted by Crippen LogP contribution is 2.35. The zero-order chi connectivity index (χ0) is 15.6. The number of piperidine rings is 1. The van der Waals surface area contributed by atoms with Crippen molar-refractivity contribution < 1.29 is 19.0 Å². The molecule has 3 atom stereocenters. The van der Waals surface area contributed by atoms with Crippen LogP contribution in [0.15, 0.2) is 0 Å². The summed E-state index contributed by atoms with van der Waals surface area (Å²) in [6.45, 7) is 6.63. The van der Waals surface area contributed by atoms with Gasteiger partial charge in [0.1, 0.15) is 6.10 Å². The SMILES string of the molecule is O=C([C@@H]1C[C@H]2CCN(C3CCOCC3)C[C@H]2O1)N1CCOCC1. The Morgan fingerprint density at radius 1 is 0.913 bits per heavy atom. The van der Waals surface area contributed by atoms with E-state index in [0.29, 0.717) is 38.3 Å². The van der Waals surface area contributed by atoms with E-state index >= 15 is 0 Å². The van der Waals surface area contributed by atoms with Crippen LogP contribution in [0.4, 0.5) is 0 Å². The molecule has 6 nitrogen and oxygen atoms in total. The number of rotatable bonds is 2. The Balaban J connectivity index is 1.33. The molecule has 0 aromatic heterocycles. The molecule has 4 aliphatic heterocycles. The van der Waals surface area contributed by atoms with E-state index in [1.807, 2.05) is 4.90 Å². The minimum atomic E-state index is -0.224. The molecule has 4 aliphatic rings. The van der Waals surface area contributed by atoms with Gasteiger partial charge >= 0.3 is 0 Å². The maximum Gasteiger partial charge on any atom is 0.251 e. The zero-order valence-corrected chi connectivity index (χ0v) is 13.8. The van der Waals surface area contributed by atoms with E-state index in [-0.39, 0.29) is 18.1 Å². The maximum absolute atomic E-state index is 12.6. The first-order valence-electron chi connectivity index (χ1n) is 9.15. The van der Waals surface area contributed by atoms with Gasteiger partial charge in [0.15, 0.2) is 0 Å². The summed E-state index contributed by atoms with van der Waals surface area (Å²) in [4.78, 5) is 17.1. The van der Waals surface area contributed by atoms with E-state index in [4.69, 9.17) is 14.2 Å². The molecule has 6 heteroatoms. The normalized spacial score (nSPS) is 36.9. The Kier molecular flexibility index (Phi) is 4.85. The summed E-state index contributed by atoms with van der Waals surface area (Å²) in [5.41, 5.74) is 0. The fraction of sp³-hybridized carbons (Fsp3) is 0.941. The molecular weight excluding hydrogens is 296 g/mol. The van der Waals surface area contributed by atoms with Gasteiger partial charge in [-0.15, -0.1) is 0 Å². The van der Waals surface area contributed by atoms with Gasteiger partial charge in [-0.25, -0.2) is 0 Å². The van der Waals surface area contributed by atoms with E-state index in [1.165, 1.54) is 0 Å². The van der Waals surface area contributed by atoms with E-state index in [9.17, 15) is 4.79 Å². The van der Waals surface area contributed by atoms with Crippen LogP contribution < -0.4 is 0 Å². The van der Waals surface area contributed by atoms with Gasteiger partial charge in [0.25, 0.3) is 5.91 Å². The first kappa shape index (κ1) is 15.8. The third kappa shape index (κ3) is 3.40. The molecule has 0 saturated carbocycles. The summed E-state index contributed by atoms with van der Waals surface area (Å²) >= 11 is 0. The lowest BCUT2D eigenvalue weighted by atomic mass is 9.90. The third-order valence-corrected chi connectivity index (χ3v) is 5.89. The minimum Gasteiger partial charge on any atom is -0.381 e. The molecule has 4 heterocycles. The van der Waals surface area contributed by atoms with Crippen LogP contribution >= 0.6 is 0 Å². The summed E-state index contributed by atoms with van der Waals surface area (Å²) in [6, 6.07) is 0.641. The summed E-state index contributed by atoms with van der Waals surface area (Å²) in [7, 11) is 0. The molecule has 0 N–H and O–H groups in total. The van der Waals surface area contributed by atoms with Crippen LogP contribution in [0.25, 0.3) is 0 Å². The van der Waals surface area contributed by atoms with Crippen LogP contribution in [0, 0.1) is 5.92 Å². The molecule has 4 saturated heterocycles. The second-order valence-corrected chi connectivity index (χ2v) is 7.22. The van der Waals surface area contributed by atoms with Gasteiger partial charge in [0.05, 0.1) is 19.3 Å². The Bertz CT molecular complexity index is 421. The molecule has 0 radical (unpaired) electrons. The maximum atomic E-state index is 12.6. The highest BCUT2D eigenvalue weighted by Gasteiger charge is 2.44. The second-order valence-electron chi connectivity index (χ2n) is 7.22. The largest absolute Gasteiger partial charge is 0.381 e. The van der Waals surface area contributed by atoms with Gasteiger partial charge < -0.3 is 19.1 Å². The van der Waals surface area contributed by atoms with Crippen LogP contribution in [0.3, 0.4) is 0 Å². The van der Waals surface area contributed by atoms with Gasteiger partial charge in [0, 0.05) is 38.9 Å². The molecule has 0 unspecified atom stereocenters. The number of fused-ring (bicyclic) bond motifs is 1. The summed E-state index contributed by atoms with van der Waals surface area (Å²) in [5, 5.41) is 0. The van der Waals surface area contributed by atoms with Gasteiger partial charge in [-0.05, 0) is 38.1 Å². The van der Waals surface area contributed by atoms with E-state index in [2.05, 4.69) is 4.90 Å². The highest BCUT2D eigenvalue weighted by molar-refractivity contribution is 5.81. The average molecular weight is 324 g/mol. The number of hydrogen-bond acceptors (Lipinski definition) is 5. The Hall–Kier alpha value is -0.690. The lowest BCUT2D eigenvalue weighted by Crippen LogP contribution is -2.49. The van der Waals surface area contributed by atoms with Crippen molar-refractivity contribution >= 4 is 5.91 Å². The minimum absolute atomic E-state index is 0.181. The van der Waals surface area contributed by atoms with Gasteiger partial charge in [-0.2, -0.15) is 0 Å². The van der Waals surface area contributed by atoms with Crippen LogP contribution in [0.1, 0.15) is 25.7 Å². The molecule has 0 aliphatic carbocycles. The number of ether oxygens (including phenoxy) is 3. The molecule has 4 rings (SSSR count). The molecular formula is C17H28N2O4. The van der Waals surface area contributed by atoms with E-state index in [0.717, 1.165) is 52.0 Å². The smallest absolute Gasteiger partial charge is 0.251 e. The van der Waals surface area contributed by atoms with Crippen molar-refractivity contribution in [3.63, 3.8) is 0 Å². The lowest BCUT2D eigenvalue weighted by Gasteiger charge is -2.40. The lowest BCUT2D eigenvalue weighted by molar-refractivity contribution is -0.148. The Morgan fingerprint density at radius 3 is 2.43 bits per heavy atom. The number of morpholine rings is 1. The average Bonchev–Trinajstić information content (AvgIpc) is 3.06. The highest BCUT2D eigenvalue weighted by atomic mass is 16.5. The molecule has 0 aromatic carbocycles.